The van der Waals surface area contributed by atoms with E-state index in [1.54, 1.807) is 0 Å². The van der Waals surface area contributed by atoms with Crippen molar-refractivity contribution in [1.29, 1.82) is 0 Å². The zero-order chi connectivity index (χ0) is 14.9. The van der Waals surface area contributed by atoms with Crippen molar-refractivity contribution < 1.29 is 14.6 Å². The number of allylic oxidation sites excluding steroid dienone is 1. The lowest BCUT2D eigenvalue weighted by atomic mass is 10.1. The third-order valence-electron chi connectivity index (χ3n) is 3.13. The molecule has 20 heavy (non-hydrogen) atoms. The van der Waals surface area contributed by atoms with Gasteiger partial charge in [0.05, 0.1) is 0 Å². The molecule has 0 fully saturated rings. The molecule has 0 bridgehead atoms. The van der Waals surface area contributed by atoms with Gasteiger partial charge in [-0.2, -0.15) is 0 Å². The van der Waals surface area contributed by atoms with Gasteiger partial charge in [-0.3, -0.25) is 0 Å². The number of ether oxygens (including phenoxy) is 2. The molecular formula is C17H34O3. The second-order valence-corrected chi connectivity index (χ2v) is 5.15. The van der Waals surface area contributed by atoms with Gasteiger partial charge in [0.25, 0.3) is 0 Å². The summed E-state index contributed by atoms with van der Waals surface area (Å²) in [6.45, 7) is 6.21. The first-order valence-electron chi connectivity index (χ1n) is 8.34. The fourth-order valence-electron chi connectivity index (χ4n) is 1.82. The third kappa shape index (κ3) is 14.0. The zero-order valence-corrected chi connectivity index (χ0v) is 13.5. The first kappa shape index (κ1) is 19.6. The van der Waals surface area contributed by atoms with Crippen LogP contribution < -0.4 is 0 Å². The van der Waals surface area contributed by atoms with Crippen LogP contribution in [0.5, 0.6) is 0 Å². The molecule has 0 atom stereocenters. The van der Waals surface area contributed by atoms with E-state index in [1.807, 2.05) is 6.08 Å². The predicted molar refractivity (Wildman–Crippen MR) is 84.8 cm³/mol. The number of unbranched alkanes of at least 4 members (excludes halogenated alkanes) is 4. The van der Waals surface area contributed by atoms with E-state index in [0.29, 0.717) is 0 Å². The maximum absolute atomic E-state index is 8.66. The lowest BCUT2D eigenvalue weighted by Gasteiger charge is -2.18. The van der Waals surface area contributed by atoms with Crippen LogP contribution in [0.2, 0.25) is 0 Å². The molecule has 0 aliphatic heterocycles. The quantitative estimate of drug-likeness (QED) is 0.275. The first-order chi connectivity index (χ1) is 9.85. The Morgan fingerprint density at radius 1 is 0.850 bits per heavy atom. The van der Waals surface area contributed by atoms with Crippen molar-refractivity contribution in [3.8, 4) is 0 Å². The topological polar surface area (TPSA) is 38.7 Å². The van der Waals surface area contributed by atoms with Gasteiger partial charge in [-0.15, -0.1) is 0 Å². The standard InChI is InChI=1S/C17H34O3/c1-3-5-15-19-17(20-16-6-4-2)13-11-9-7-8-10-12-14-18/h8,10,17-18H,3-7,9,11-16H2,1-2H3/b10-8-. The maximum Gasteiger partial charge on any atom is 0.157 e. The first-order valence-corrected chi connectivity index (χ1v) is 8.34. The molecule has 0 aromatic heterocycles. The molecule has 3 nitrogen and oxygen atoms in total. The van der Waals surface area contributed by atoms with Crippen LogP contribution in [0.4, 0.5) is 0 Å². The molecule has 0 radical (unpaired) electrons. The van der Waals surface area contributed by atoms with E-state index in [2.05, 4.69) is 19.9 Å². The Kier molecular flexibility index (Phi) is 16.4. The lowest BCUT2D eigenvalue weighted by molar-refractivity contribution is -0.147. The average molecular weight is 286 g/mol. The number of hydrogen-bond donors (Lipinski definition) is 1. The summed E-state index contributed by atoms with van der Waals surface area (Å²) in [5, 5.41) is 8.66. The third-order valence-corrected chi connectivity index (χ3v) is 3.13. The molecule has 0 amide bonds. The van der Waals surface area contributed by atoms with E-state index in [-0.39, 0.29) is 12.9 Å². The van der Waals surface area contributed by atoms with E-state index < -0.39 is 0 Å². The molecule has 120 valence electrons. The summed E-state index contributed by atoms with van der Waals surface area (Å²) in [6, 6.07) is 0. The summed E-state index contributed by atoms with van der Waals surface area (Å²) >= 11 is 0. The maximum atomic E-state index is 8.66. The molecule has 0 aliphatic rings. The highest BCUT2D eigenvalue weighted by atomic mass is 16.7. The van der Waals surface area contributed by atoms with Crippen molar-refractivity contribution in [3.05, 3.63) is 12.2 Å². The van der Waals surface area contributed by atoms with Crippen molar-refractivity contribution in [2.75, 3.05) is 19.8 Å². The normalized spacial score (nSPS) is 11.8. The van der Waals surface area contributed by atoms with E-state index in [9.17, 15) is 0 Å². The van der Waals surface area contributed by atoms with Crippen LogP contribution >= 0.6 is 0 Å². The highest BCUT2D eigenvalue weighted by Gasteiger charge is 2.08. The number of rotatable bonds is 15. The van der Waals surface area contributed by atoms with Gasteiger partial charge < -0.3 is 14.6 Å². The highest BCUT2D eigenvalue weighted by molar-refractivity contribution is 4.80. The minimum atomic E-state index is -0.0190. The average Bonchev–Trinajstić information content (AvgIpc) is 2.46. The van der Waals surface area contributed by atoms with Gasteiger partial charge in [0.15, 0.2) is 6.29 Å². The van der Waals surface area contributed by atoms with Crippen LogP contribution in [0.25, 0.3) is 0 Å². The van der Waals surface area contributed by atoms with Gasteiger partial charge in [0.1, 0.15) is 0 Å². The van der Waals surface area contributed by atoms with E-state index >= 15 is 0 Å². The van der Waals surface area contributed by atoms with Crippen molar-refractivity contribution in [1.82, 2.24) is 0 Å². The van der Waals surface area contributed by atoms with Crippen LogP contribution in [0.1, 0.15) is 71.6 Å². The Morgan fingerprint density at radius 2 is 1.45 bits per heavy atom. The SMILES string of the molecule is CCCCOC(CCCC/C=C\CCO)OCCCC. The Hall–Kier alpha value is -0.380. The Morgan fingerprint density at radius 3 is 2.00 bits per heavy atom. The molecule has 0 heterocycles. The fraction of sp³-hybridized carbons (Fsp3) is 0.882. The van der Waals surface area contributed by atoms with Crippen LogP contribution in [0.3, 0.4) is 0 Å². The molecular weight excluding hydrogens is 252 g/mol. The summed E-state index contributed by atoms with van der Waals surface area (Å²) in [4.78, 5) is 0. The second-order valence-electron chi connectivity index (χ2n) is 5.15. The van der Waals surface area contributed by atoms with Gasteiger partial charge in [0.2, 0.25) is 0 Å². The summed E-state index contributed by atoms with van der Waals surface area (Å²) in [5.41, 5.74) is 0. The van der Waals surface area contributed by atoms with Gasteiger partial charge in [0, 0.05) is 19.8 Å². The zero-order valence-electron chi connectivity index (χ0n) is 13.5. The Labute approximate surface area is 125 Å². The van der Waals surface area contributed by atoms with Crippen LogP contribution in [-0.2, 0) is 9.47 Å². The smallest absolute Gasteiger partial charge is 0.157 e. The minimum absolute atomic E-state index is 0.0190. The van der Waals surface area contributed by atoms with Crippen molar-refractivity contribution in [2.24, 2.45) is 0 Å². The number of hydrogen-bond acceptors (Lipinski definition) is 3. The molecule has 0 rings (SSSR count). The molecule has 0 aliphatic carbocycles. The summed E-state index contributed by atoms with van der Waals surface area (Å²) in [7, 11) is 0. The fourth-order valence-corrected chi connectivity index (χ4v) is 1.82. The summed E-state index contributed by atoms with van der Waals surface area (Å²) in [6.07, 6.45) is 13.9. The largest absolute Gasteiger partial charge is 0.396 e. The molecule has 1 N–H and O–H groups in total. The Bertz CT molecular complexity index is 194. The van der Waals surface area contributed by atoms with Gasteiger partial charge >= 0.3 is 0 Å². The van der Waals surface area contributed by atoms with Gasteiger partial charge in [-0.25, -0.2) is 0 Å². The molecule has 0 saturated heterocycles. The summed E-state index contributed by atoms with van der Waals surface area (Å²) < 4.78 is 11.6. The predicted octanol–water partition coefficient (Wildman–Crippen LogP) is 4.44. The lowest BCUT2D eigenvalue weighted by Crippen LogP contribution is -2.18. The van der Waals surface area contributed by atoms with Gasteiger partial charge in [-0.05, 0) is 44.9 Å². The summed E-state index contributed by atoms with van der Waals surface area (Å²) in [5.74, 6) is 0. The highest BCUT2D eigenvalue weighted by Crippen LogP contribution is 2.10. The van der Waals surface area contributed by atoms with Gasteiger partial charge in [-0.1, -0.05) is 38.8 Å². The van der Waals surface area contributed by atoms with Crippen LogP contribution in [0.15, 0.2) is 12.2 Å². The second kappa shape index (κ2) is 16.7. The van der Waals surface area contributed by atoms with E-state index in [4.69, 9.17) is 14.6 Å². The van der Waals surface area contributed by atoms with Crippen molar-refractivity contribution >= 4 is 0 Å². The van der Waals surface area contributed by atoms with E-state index in [1.165, 1.54) is 0 Å². The molecule has 0 aromatic rings. The monoisotopic (exact) mass is 286 g/mol. The van der Waals surface area contributed by atoms with Crippen LogP contribution in [0, 0.1) is 0 Å². The number of aliphatic hydroxyl groups is 1. The van der Waals surface area contributed by atoms with Crippen molar-refractivity contribution in [3.63, 3.8) is 0 Å². The molecule has 0 spiro atoms. The molecule has 0 aromatic carbocycles. The van der Waals surface area contributed by atoms with Crippen LogP contribution in [-0.4, -0.2) is 31.2 Å². The molecule has 0 unspecified atom stereocenters. The van der Waals surface area contributed by atoms with Crippen molar-refractivity contribution in [2.45, 2.75) is 77.9 Å². The minimum Gasteiger partial charge on any atom is -0.396 e. The van der Waals surface area contributed by atoms with E-state index in [0.717, 1.165) is 71.0 Å². The molecule has 0 saturated carbocycles. The number of aliphatic hydroxyl groups excluding tert-OH is 1. The Balaban J connectivity index is 3.66. The molecule has 3 heteroatoms.